The minimum absolute atomic E-state index is 0.225. The van der Waals surface area contributed by atoms with E-state index in [9.17, 15) is 4.79 Å². The lowest BCUT2D eigenvalue weighted by atomic mass is 10.1. The molecule has 1 heterocycles. The Bertz CT molecular complexity index is 937. The molecular weight excluding hydrogens is 338 g/mol. The van der Waals surface area contributed by atoms with Crippen LogP contribution in [0.1, 0.15) is 27.0 Å². The highest BCUT2D eigenvalue weighted by Crippen LogP contribution is 2.25. The fraction of sp³-hybridized carbons (Fsp3) is 0.182. The Balaban J connectivity index is 1.64. The van der Waals surface area contributed by atoms with E-state index in [1.165, 1.54) is 11.1 Å². The predicted octanol–water partition coefficient (Wildman–Crippen LogP) is 4.57. The number of nitrogens with one attached hydrogen (secondary N) is 2. The zero-order chi connectivity index (χ0) is 19.2. The van der Waals surface area contributed by atoms with Crippen molar-refractivity contribution in [2.24, 2.45) is 0 Å². The number of benzene rings is 2. The molecule has 3 rings (SSSR count). The molecule has 27 heavy (non-hydrogen) atoms. The average Bonchev–Trinajstić information content (AvgIpc) is 2.67. The van der Waals surface area contributed by atoms with Gasteiger partial charge in [0.25, 0.3) is 5.91 Å². The lowest BCUT2D eigenvalue weighted by molar-refractivity contribution is 0.102. The smallest absolute Gasteiger partial charge is 0.257 e. The van der Waals surface area contributed by atoms with Gasteiger partial charge in [0.15, 0.2) is 0 Å². The number of anilines is 2. The van der Waals surface area contributed by atoms with E-state index >= 15 is 0 Å². The van der Waals surface area contributed by atoms with E-state index in [0.717, 1.165) is 11.4 Å². The third-order valence-electron chi connectivity index (χ3n) is 4.18. The van der Waals surface area contributed by atoms with E-state index in [0.29, 0.717) is 23.5 Å². The zero-order valence-electron chi connectivity index (χ0n) is 15.7. The third kappa shape index (κ3) is 4.85. The van der Waals surface area contributed by atoms with Gasteiger partial charge in [-0.2, -0.15) is 0 Å². The van der Waals surface area contributed by atoms with Gasteiger partial charge in [0.2, 0.25) is 0 Å². The van der Waals surface area contributed by atoms with E-state index in [1.807, 2.05) is 31.2 Å². The van der Waals surface area contributed by atoms with Crippen LogP contribution in [0.3, 0.4) is 0 Å². The topological polar surface area (TPSA) is 63.2 Å². The van der Waals surface area contributed by atoms with Crippen LogP contribution in [-0.2, 0) is 6.54 Å². The summed E-state index contributed by atoms with van der Waals surface area (Å²) in [5.41, 5.74) is 4.58. The fourth-order valence-corrected chi connectivity index (χ4v) is 2.76. The summed E-state index contributed by atoms with van der Waals surface area (Å²) in [5.74, 6) is 1.12. The summed E-state index contributed by atoms with van der Waals surface area (Å²) in [6.07, 6.45) is 1.57. The van der Waals surface area contributed by atoms with Gasteiger partial charge < -0.3 is 15.4 Å². The van der Waals surface area contributed by atoms with Crippen molar-refractivity contribution in [3.05, 3.63) is 83.0 Å². The van der Waals surface area contributed by atoms with E-state index in [-0.39, 0.29) is 5.91 Å². The number of aromatic nitrogens is 1. The first-order chi connectivity index (χ1) is 13.0. The van der Waals surface area contributed by atoms with Gasteiger partial charge in [0.05, 0.1) is 18.4 Å². The van der Waals surface area contributed by atoms with Crippen LogP contribution in [0.25, 0.3) is 0 Å². The molecular formula is C22H23N3O2. The van der Waals surface area contributed by atoms with Crippen LogP contribution in [0.15, 0.2) is 60.8 Å². The van der Waals surface area contributed by atoms with E-state index < -0.39 is 0 Å². The van der Waals surface area contributed by atoms with Crippen LogP contribution in [0.2, 0.25) is 0 Å². The number of methoxy groups -OCH3 is 1. The highest BCUT2D eigenvalue weighted by atomic mass is 16.5. The molecule has 2 aromatic carbocycles. The summed E-state index contributed by atoms with van der Waals surface area (Å²) in [6.45, 7) is 4.71. The molecule has 2 N–H and O–H groups in total. The molecule has 0 aliphatic heterocycles. The average molecular weight is 361 g/mol. The number of aryl methyl sites for hydroxylation is 2. The Morgan fingerprint density at radius 2 is 1.85 bits per heavy atom. The number of rotatable bonds is 6. The SMILES string of the molecule is COc1ccc(C)cc1NC(=O)c1ccc(NCc2cccc(C)c2)nc1. The molecule has 0 atom stereocenters. The van der Waals surface area contributed by atoms with Crippen LogP contribution in [-0.4, -0.2) is 18.0 Å². The lowest BCUT2D eigenvalue weighted by Gasteiger charge is -2.11. The predicted molar refractivity (Wildman–Crippen MR) is 108 cm³/mol. The highest BCUT2D eigenvalue weighted by Gasteiger charge is 2.10. The molecule has 0 saturated heterocycles. The molecule has 0 aliphatic carbocycles. The second-order valence-electron chi connectivity index (χ2n) is 6.43. The van der Waals surface area contributed by atoms with Crippen molar-refractivity contribution in [1.29, 1.82) is 0 Å². The van der Waals surface area contributed by atoms with Crippen LogP contribution < -0.4 is 15.4 Å². The second-order valence-corrected chi connectivity index (χ2v) is 6.43. The maximum Gasteiger partial charge on any atom is 0.257 e. The molecule has 0 bridgehead atoms. The molecule has 0 spiro atoms. The third-order valence-corrected chi connectivity index (χ3v) is 4.18. The summed E-state index contributed by atoms with van der Waals surface area (Å²) in [5, 5.41) is 6.14. The molecule has 0 radical (unpaired) electrons. The first kappa shape index (κ1) is 18.5. The number of amides is 1. The minimum atomic E-state index is -0.225. The molecule has 3 aromatic rings. The van der Waals surface area contributed by atoms with Gasteiger partial charge in [-0.15, -0.1) is 0 Å². The number of hydrogen-bond donors (Lipinski definition) is 2. The summed E-state index contributed by atoms with van der Waals surface area (Å²) in [4.78, 5) is 16.8. The monoisotopic (exact) mass is 361 g/mol. The van der Waals surface area contributed by atoms with Crippen molar-refractivity contribution in [2.45, 2.75) is 20.4 Å². The van der Waals surface area contributed by atoms with Crippen molar-refractivity contribution in [3.8, 4) is 5.75 Å². The zero-order valence-corrected chi connectivity index (χ0v) is 15.7. The fourth-order valence-electron chi connectivity index (χ4n) is 2.76. The first-order valence-corrected chi connectivity index (χ1v) is 8.76. The summed E-state index contributed by atoms with van der Waals surface area (Å²) in [6, 6.07) is 17.5. The lowest BCUT2D eigenvalue weighted by Crippen LogP contribution is -2.13. The maximum atomic E-state index is 12.5. The van der Waals surface area contributed by atoms with Gasteiger partial charge in [0, 0.05) is 12.7 Å². The summed E-state index contributed by atoms with van der Waals surface area (Å²) >= 11 is 0. The number of carbonyl (C=O) groups excluding carboxylic acids is 1. The number of nitrogens with zero attached hydrogens (tertiary/aromatic N) is 1. The van der Waals surface area contributed by atoms with Gasteiger partial charge >= 0.3 is 0 Å². The Labute approximate surface area is 159 Å². The minimum Gasteiger partial charge on any atom is -0.495 e. The van der Waals surface area contributed by atoms with Crippen LogP contribution in [0.5, 0.6) is 5.75 Å². The summed E-state index contributed by atoms with van der Waals surface area (Å²) < 4.78 is 5.30. The molecule has 5 nitrogen and oxygen atoms in total. The van der Waals surface area contributed by atoms with E-state index in [1.54, 1.807) is 25.4 Å². The molecule has 0 unspecified atom stereocenters. The maximum absolute atomic E-state index is 12.5. The van der Waals surface area contributed by atoms with Crippen LogP contribution in [0.4, 0.5) is 11.5 Å². The Morgan fingerprint density at radius 1 is 1.04 bits per heavy atom. The van der Waals surface area contributed by atoms with Crippen LogP contribution in [0, 0.1) is 13.8 Å². The molecule has 1 aromatic heterocycles. The van der Waals surface area contributed by atoms with Crippen LogP contribution >= 0.6 is 0 Å². The van der Waals surface area contributed by atoms with Crippen molar-refractivity contribution in [3.63, 3.8) is 0 Å². The molecule has 0 saturated carbocycles. The first-order valence-electron chi connectivity index (χ1n) is 8.76. The molecule has 138 valence electrons. The Morgan fingerprint density at radius 3 is 2.56 bits per heavy atom. The Hall–Kier alpha value is -3.34. The van der Waals surface area contributed by atoms with Gasteiger partial charge in [0.1, 0.15) is 11.6 Å². The molecule has 0 fully saturated rings. The van der Waals surface area contributed by atoms with Gasteiger partial charge in [-0.25, -0.2) is 4.98 Å². The standard InChI is InChI=1S/C22H23N3O2/c1-15-5-4-6-17(11-15)13-23-21-10-8-18(14-24-21)22(26)25-19-12-16(2)7-9-20(19)27-3/h4-12,14H,13H2,1-3H3,(H,23,24)(H,25,26). The quantitative estimate of drug-likeness (QED) is 0.675. The van der Waals surface area contributed by atoms with E-state index in [2.05, 4.69) is 40.7 Å². The number of hydrogen-bond acceptors (Lipinski definition) is 4. The van der Waals surface area contributed by atoms with Crippen molar-refractivity contribution >= 4 is 17.4 Å². The van der Waals surface area contributed by atoms with Gasteiger partial charge in [-0.3, -0.25) is 4.79 Å². The van der Waals surface area contributed by atoms with Crippen molar-refractivity contribution in [1.82, 2.24) is 4.98 Å². The largest absolute Gasteiger partial charge is 0.495 e. The van der Waals surface area contributed by atoms with Crippen molar-refractivity contribution < 1.29 is 9.53 Å². The van der Waals surface area contributed by atoms with Crippen molar-refractivity contribution in [2.75, 3.05) is 17.7 Å². The second kappa shape index (κ2) is 8.36. The number of carbonyl (C=O) groups is 1. The van der Waals surface area contributed by atoms with Gasteiger partial charge in [-0.05, 0) is 49.2 Å². The number of ether oxygens (including phenoxy) is 1. The highest BCUT2D eigenvalue weighted by molar-refractivity contribution is 6.05. The summed E-state index contributed by atoms with van der Waals surface area (Å²) in [7, 11) is 1.58. The van der Waals surface area contributed by atoms with E-state index in [4.69, 9.17) is 4.74 Å². The normalized spacial score (nSPS) is 10.3. The Kier molecular flexibility index (Phi) is 5.71. The molecule has 0 aliphatic rings. The molecule has 1 amide bonds. The molecule has 5 heteroatoms. The van der Waals surface area contributed by atoms with Gasteiger partial charge in [-0.1, -0.05) is 35.9 Å². The number of pyridine rings is 1.